The Morgan fingerprint density at radius 3 is 2.72 bits per heavy atom. The number of carbonyl (C=O) groups is 1. The second-order valence-corrected chi connectivity index (χ2v) is 5.23. The number of halogens is 1. The van der Waals surface area contributed by atoms with E-state index >= 15 is 0 Å². The number of carboxylic acids is 1. The van der Waals surface area contributed by atoms with E-state index in [4.69, 9.17) is 11.6 Å². The SMILES string of the molecule is Cc1c(Cl)cccc1C[C@@H](C(=O)O)N1CCCC1. The molecule has 1 fully saturated rings. The summed E-state index contributed by atoms with van der Waals surface area (Å²) in [7, 11) is 0. The van der Waals surface area contributed by atoms with Crippen molar-refractivity contribution in [1.29, 1.82) is 0 Å². The third kappa shape index (κ3) is 2.85. The minimum absolute atomic E-state index is 0.426. The molecule has 1 aliphatic rings. The van der Waals surface area contributed by atoms with Crippen molar-refractivity contribution >= 4 is 17.6 Å². The number of benzene rings is 1. The summed E-state index contributed by atoms with van der Waals surface area (Å²) in [4.78, 5) is 13.5. The largest absolute Gasteiger partial charge is 0.480 e. The van der Waals surface area contributed by atoms with Gasteiger partial charge in [-0.2, -0.15) is 0 Å². The monoisotopic (exact) mass is 267 g/mol. The summed E-state index contributed by atoms with van der Waals surface area (Å²) in [6.45, 7) is 3.72. The number of rotatable bonds is 4. The summed E-state index contributed by atoms with van der Waals surface area (Å²) >= 11 is 6.08. The van der Waals surface area contributed by atoms with Gasteiger partial charge < -0.3 is 5.11 Å². The maximum Gasteiger partial charge on any atom is 0.321 e. The van der Waals surface area contributed by atoms with Crippen LogP contribution in [0.25, 0.3) is 0 Å². The first-order valence-electron chi connectivity index (χ1n) is 6.30. The van der Waals surface area contributed by atoms with E-state index in [1.54, 1.807) is 0 Å². The van der Waals surface area contributed by atoms with Crippen molar-refractivity contribution in [3.05, 3.63) is 34.3 Å². The van der Waals surface area contributed by atoms with Crippen molar-refractivity contribution in [2.45, 2.75) is 32.2 Å². The Morgan fingerprint density at radius 1 is 1.44 bits per heavy atom. The van der Waals surface area contributed by atoms with E-state index in [9.17, 15) is 9.90 Å². The van der Waals surface area contributed by atoms with Crippen molar-refractivity contribution in [3.8, 4) is 0 Å². The molecule has 1 saturated heterocycles. The molecule has 0 bridgehead atoms. The van der Waals surface area contributed by atoms with Gasteiger partial charge in [0.2, 0.25) is 0 Å². The molecular weight excluding hydrogens is 250 g/mol. The zero-order valence-electron chi connectivity index (χ0n) is 10.5. The van der Waals surface area contributed by atoms with Crippen LogP contribution in [0.5, 0.6) is 0 Å². The second-order valence-electron chi connectivity index (χ2n) is 4.83. The van der Waals surface area contributed by atoms with Gasteiger partial charge in [0, 0.05) is 5.02 Å². The van der Waals surface area contributed by atoms with Gasteiger partial charge in [-0.25, -0.2) is 0 Å². The third-order valence-electron chi connectivity index (χ3n) is 3.66. The average Bonchev–Trinajstić information content (AvgIpc) is 2.84. The number of aliphatic carboxylic acids is 1. The summed E-state index contributed by atoms with van der Waals surface area (Å²) < 4.78 is 0. The van der Waals surface area contributed by atoms with Crippen LogP contribution in [-0.2, 0) is 11.2 Å². The van der Waals surface area contributed by atoms with E-state index in [0.717, 1.165) is 37.1 Å². The molecule has 0 radical (unpaired) electrons. The van der Waals surface area contributed by atoms with Crippen molar-refractivity contribution in [1.82, 2.24) is 4.90 Å². The van der Waals surface area contributed by atoms with E-state index in [1.807, 2.05) is 25.1 Å². The minimum Gasteiger partial charge on any atom is -0.480 e. The van der Waals surface area contributed by atoms with E-state index in [-0.39, 0.29) is 0 Å². The normalized spacial score (nSPS) is 17.9. The Labute approximate surface area is 112 Å². The molecule has 18 heavy (non-hydrogen) atoms. The van der Waals surface area contributed by atoms with Crippen LogP contribution in [0.3, 0.4) is 0 Å². The Kier molecular flexibility index (Phi) is 4.25. The van der Waals surface area contributed by atoms with Crippen molar-refractivity contribution in [2.75, 3.05) is 13.1 Å². The van der Waals surface area contributed by atoms with Gasteiger partial charge in [-0.05, 0) is 56.5 Å². The maximum atomic E-state index is 11.4. The van der Waals surface area contributed by atoms with Gasteiger partial charge in [0.05, 0.1) is 0 Å². The van der Waals surface area contributed by atoms with Crippen LogP contribution in [0, 0.1) is 6.92 Å². The Hall–Kier alpha value is -1.06. The summed E-state index contributed by atoms with van der Waals surface area (Å²) in [6, 6.07) is 5.26. The van der Waals surface area contributed by atoms with Gasteiger partial charge in [0.15, 0.2) is 0 Å². The molecule has 0 unspecified atom stereocenters. The molecule has 98 valence electrons. The number of nitrogens with zero attached hydrogens (tertiary/aromatic N) is 1. The lowest BCUT2D eigenvalue weighted by molar-refractivity contribution is -0.142. The van der Waals surface area contributed by atoms with Crippen LogP contribution < -0.4 is 0 Å². The maximum absolute atomic E-state index is 11.4. The van der Waals surface area contributed by atoms with Crippen LogP contribution in [0.2, 0.25) is 5.02 Å². The molecule has 0 spiro atoms. The first kappa shape index (κ1) is 13.4. The molecule has 3 nitrogen and oxygen atoms in total. The highest BCUT2D eigenvalue weighted by Gasteiger charge is 2.28. The molecular formula is C14H18ClNO2. The van der Waals surface area contributed by atoms with Gasteiger partial charge in [-0.15, -0.1) is 0 Å². The lowest BCUT2D eigenvalue weighted by Crippen LogP contribution is -2.41. The fraction of sp³-hybridized carbons (Fsp3) is 0.500. The lowest BCUT2D eigenvalue weighted by Gasteiger charge is -2.24. The van der Waals surface area contributed by atoms with Gasteiger partial charge >= 0.3 is 5.97 Å². The van der Waals surface area contributed by atoms with E-state index < -0.39 is 12.0 Å². The van der Waals surface area contributed by atoms with Crippen LogP contribution in [-0.4, -0.2) is 35.1 Å². The Morgan fingerprint density at radius 2 is 2.11 bits per heavy atom. The van der Waals surface area contributed by atoms with Crippen molar-refractivity contribution in [3.63, 3.8) is 0 Å². The highest BCUT2D eigenvalue weighted by molar-refractivity contribution is 6.31. The summed E-state index contributed by atoms with van der Waals surface area (Å²) in [5.41, 5.74) is 2.02. The highest BCUT2D eigenvalue weighted by atomic mass is 35.5. The first-order valence-corrected chi connectivity index (χ1v) is 6.68. The van der Waals surface area contributed by atoms with Crippen LogP contribution in [0.1, 0.15) is 24.0 Å². The van der Waals surface area contributed by atoms with E-state index in [0.29, 0.717) is 11.4 Å². The van der Waals surface area contributed by atoms with Gasteiger partial charge in [-0.1, -0.05) is 23.7 Å². The first-order chi connectivity index (χ1) is 8.59. The molecule has 4 heteroatoms. The quantitative estimate of drug-likeness (QED) is 0.912. The zero-order valence-corrected chi connectivity index (χ0v) is 11.3. The average molecular weight is 268 g/mol. The molecule has 0 aliphatic carbocycles. The van der Waals surface area contributed by atoms with Crippen LogP contribution in [0.15, 0.2) is 18.2 Å². The number of hydrogen-bond acceptors (Lipinski definition) is 2. The fourth-order valence-electron chi connectivity index (χ4n) is 2.51. The predicted octanol–water partition coefficient (Wildman–Crippen LogP) is 2.74. The molecule has 1 aliphatic heterocycles. The molecule has 1 atom stereocenters. The highest BCUT2D eigenvalue weighted by Crippen LogP contribution is 2.22. The third-order valence-corrected chi connectivity index (χ3v) is 4.07. The van der Waals surface area contributed by atoms with Crippen LogP contribution in [0.4, 0.5) is 0 Å². The summed E-state index contributed by atoms with van der Waals surface area (Å²) in [5, 5.41) is 10.1. The topological polar surface area (TPSA) is 40.5 Å². The van der Waals surface area contributed by atoms with Crippen molar-refractivity contribution in [2.24, 2.45) is 0 Å². The molecule has 1 heterocycles. The smallest absolute Gasteiger partial charge is 0.321 e. The van der Waals surface area contributed by atoms with E-state index in [2.05, 4.69) is 4.90 Å². The van der Waals surface area contributed by atoms with Gasteiger partial charge in [-0.3, -0.25) is 9.69 Å². The number of carboxylic acid groups (broad SMARTS) is 1. The lowest BCUT2D eigenvalue weighted by atomic mass is 10.0. The van der Waals surface area contributed by atoms with Crippen LogP contribution >= 0.6 is 11.6 Å². The molecule has 2 rings (SSSR count). The Bertz CT molecular complexity index is 441. The van der Waals surface area contributed by atoms with Gasteiger partial charge in [0.25, 0.3) is 0 Å². The molecule has 0 amide bonds. The molecule has 1 aromatic rings. The molecule has 0 saturated carbocycles. The zero-order chi connectivity index (χ0) is 13.1. The molecule has 0 aromatic heterocycles. The van der Waals surface area contributed by atoms with Crippen molar-refractivity contribution < 1.29 is 9.90 Å². The summed E-state index contributed by atoms with van der Waals surface area (Å²) in [6.07, 6.45) is 2.72. The Balaban J connectivity index is 2.18. The second kappa shape index (κ2) is 5.72. The molecule has 1 N–H and O–H groups in total. The predicted molar refractivity (Wildman–Crippen MR) is 72.1 cm³/mol. The standard InChI is InChI=1S/C14H18ClNO2/c1-10-11(5-4-6-12(10)15)9-13(14(17)18)16-7-2-3-8-16/h4-6,13H,2-3,7-9H2,1H3,(H,17,18)/t13-/m0/s1. The van der Waals surface area contributed by atoms with E-state index in [1.165, 1.54) is 0 Å². The summed E-state index contributed by atoms with van der Waals surface area (Å²) in [5.74, 6) is -0.740. The molecule has 1 aromatic carbocycles. The minimum atomic E-state index is -0.740. The van der Waals surface area contributed by atoms with Gasteiger partial charge in [0.1, 0.15) is 6.04 Å². The number of hydrogen-bond donors (Lipinski definition) is 1. The number of likely N-dealkylation sites (tertiary alicyclic amines) is 1. The fourth-order valence-corrected chi connectivity index (χ4v) is 2.70.